The average Bonchev–Trinajstić information content (AvgIpc) is 2.02. The van der Waals surface area contributed by atoms with Crippen LogP contribution in [0.5, 0.6) is 0 Å². The molecule has 4 heteroatoms. The second kappa shape index (κ2) is 5.78. The maximum Gasteiger partial charge on any atom is 0.303 e. The normalized spacial score (nSPS) is 13.6. The Morgan fingerprint density at radius 2 is 2.14 bits per heavy atom. The Hall–Kier alpha value is -0.870. The van der Waals surface area contributed by atoms with Gasteiger partial charge in [0.05, 0.1) is 5.60 Å². The van der Waals surface area contributed by atoms with Crippen molar-refractivity contribution < 1.29 is 19.7 Å². The second-order valence-electron chi connectivity index (χ2n) is 4.00. The lowest BCUT2D eigenvalue weighted by molar-refractivity contribution is -0.365. The molecule has 0 rings (SSSR count). The van der Waals surface area contributed by atoms with Gasteiger partial charge in [0.25, 0.3) is 0 Å². The van der Waals surface area contributed by atoms with Crippen molar-refractivity contribution in [2.24, 2.45) is 0 Å². The zero-order valence-electron chi connectivity index (χ0n) is 8.95. The average molecular weight is 202 g/mol. The lowest BCUT2D eigenvalue weighted by atomic mass is 10.2. The lowest BCUT2D eigenvalue weighted by Gasteiger charge is -2.21. The monoisotopic (exact) mass is 202 g/mol. The SMILES string of the molecule is C=CC(CCC(=O)O)OOC(C)(C)C. The first kappa shape index (κ1) is 13.1. The van der Waals surface area contributed by atoms with E-state index in [2.05, 4.69) is 6.58 Å². The van der Waals surface area contributed by atoms with Crippen LogP contribution in [0.2, 0.25) is 0 Å². The highest BCUT2D eigenvalue weighted by Gasteiger charge is 2.15. The molecule has 0 amide bonds. The molecule has 1 N–H and O–H groups in total. The number of hydrogen-bond donors (Lipinski definition) is 1. The topological polar surface area (TPSA) is 55.8 Å². The summed E-state index contributed by atoms with van der Waals surface area (Å²) in [6, 6.07) is 0. The molecule has 0 fully saturated rings. The Labute approximate surface area is 84.4 Å². The van der Waals surface area contributed by atoms with Gasteiger partial charge in [0.2, 0.25) is 0 Å². The van der Waals surface area contributed by atoms with E-state index >= 15 is 0 Å². The van der Waals surface area contributed by atoms with E-state index in [0.717, 1.165) is 0 Å². The van der Waals surface area contributed by atoms with E-state index in [1.165, 1.54) is 6.08 Å². The molecular weight excluding hydrogens is 184 g/mol. The third kappa shape index (κ3) is 7.76. The molecule has 0 saturated carbocycles. The van der Waals surface area contributed by atoms with Crippen LogP contribution in [0.4, 0.5) is 0 Å². The van der Waals surface area contributed by atoms with Gasteiger partial charge in [-0.15, -0.1) is 6.58 Å². The van der Waals surface area contributed by atoms with Gasteiger partial charge in [0.15, 0.2) is 0 Å². The molecule has 82 valence electrons. The molecular formula is C10H18O4. The quantitative estimate of drug-likeness (QED) is 0.407. The molecule has 0 spiro atoms. The highest BCUT2D eigenvalue weighted by atomic mass is 17.2. The van der Waals surface area contributed by atoms with E-state index < -0.39 is 11.6 Å². The van der Waals surface area contributed by atoms with Crippen LogP contribution in [0, 0.1) is 0 Å². The summed E-state index contributed by atoms with van der Waals surface area (Å²) in [5.74, 6) is -0.851. The van der Waals surface area contributed by atoms with E-state index in [-0.39, 0.29) is 12.5 Å². The lowest BCUT2D eigenvalue weighted by Crippen LogP contribution is -2.23. The minimum Gasteiger partial charge on any atom is -0.481 e. The number of carboxylic acids is 1. The Morgan fingerprint density at radius 3 is 2.50 bits per heavy atom. The summed E-state index contributed by atoms with van der Waals surface area (Å²) in [6.07, 6.45) is 1.58. The van der Waals surface area contributed by atoms with Crippen molar-refractivity contribution in [2.45, 2.75) is 45.3 Å². The number of rotatable bonds is 6. The maximum atomic E-state index is 10.3. The third-order valence-corrected chi connectivity index (χ3v) is 1.33. The summed E-state index contributed by atoms with van der Waals surface area (Å²) in [6.45, 7) is 9.10. The van der Waals surface area contributed by atoms with Crippen LogP contribution in [0.15, 0.2) is 12.7 Å². The smallest absolute Gasteiger partial charge is 0.303 e. The Bertz CT molecular complexity index is 193. The van der Waals surface area contributed by atoms with Gasteiger partial charge < -0.3 is 5.11 Å². The van der Waals surface area contributed by atoms with E-state index in [1.807, 2.05) is 20.8 Å². The van der Waals surface area contributed by atoms with Crippen molar-refractivity contribution in [2.75, 3.05) is 0 Å². The van der Waals surface area contributed by atoms with Crippen molar-refractivity contribution in [3.8, 4) is 0 Å². The molecule has 1 atom stereocenters. The fourth-order valence-corrected chi connectivity index (χ4v) is 0.677. The van der Waals surface area contributed by atoms with Crippen molar-refractivity contribution in [1.29, 1.82) is 0 Å². The van der Waals surface area contributed by atoms with Gasteiger partial charge in [-0.2, -0.15) is 0 Å². The zero-order chi connectivity index (χ0) is 11.2. The maximum absolute atomic E-state index is 10.3. The van der Waals surface area contributed by atoms with E-state index in [4.69, 9.17) is 14.9 Å². The van der Waals surface area contributed by atoms with Gasteiger partial charge in [-0.05, 0) is 27.2 Å². The second-order valence-corrected chi connectivity index (χ2v) is 4.00. The molecule has 0 aromatic carbocycles. The van der Waals surface area contributed by atoms with Crippen LogP contribution < -0.4 is 0 Å². The summed E-state index contributed by atoms with van der Waals surface area (Å²) in [5.41, 5.74) is -0.398. The van der Waals surface area contributed by atoms with Gasteiger partial charge in [0.1, 0.15) is 6.10 Å². The first-order valence-electron chi connectivity index (χ1n) is 4.54. The molecule has 0 aliphatic carbocycles. The molecule has 14 heavy (non-hydrogen) atoms. The molecule has 1 unspecified atom stereocenters. The van der Waals surface area contributed by atoms with Gasteiger partial charge in [0, 0.05) is 6.42 Å². The predicted molar refractivity (Wildman–Crippen MR) is 52.8 cm³/mol. The van der Waals surface area contributed by atoms with Gasteiger partial charge in [-0.1, -0.05) is 6.08 Å². The van der Waals surface area contributed by atoms with Crippen LogP contribution >= 0.6 is 0 Å². The van der Waals surface area contributed by atoms with E-state index in [0.29, 0.717) is 6.42 Å². The van der Waals surface area contributed by atoms with Crippen LogP contribution in [-0.4, -0.2) is 22.8 Å². The molecule has 0 aromatic heterocycles. The molecule has 0 aliphatic heterocycles. The summed E-state index contributed by atoms with van der Waals surface area (Å²) >= 11 is 0. The summed E-state index contributed by atoms with van der Waals surface area (Å²) in [5, 5.41) is 8.46. The number of hydrogen-bond acceptors (Lipinski definition) is 3. The van der Waals surface area contributed by atoms with E-state index in [9.17, 15) is 4.79 Å². The summed E-state index contributed by atoms with van der Waals surface area (Å²) < 4.78 is 0. The molecule has 0 aromatic rings. The van der Waals surface area contributed by atoms with Crippen molar-refractivity contribution in [1.82, 2.24) is 0 Å². The molecule has 0 heterocycles. The van der Waals surface area contributed by atoms with Crippen molar-refractivity contribution >= 4 is 5.97 Å². The van der Waals surface area contributed by atoms with Gasteiger partial charge in [-0.3, -0.25) is 4.79 Å². The number of carbonyl (C=O) groups is 1. The Balaban J connectivity index is 3.80. The molecule has 0 bridgehead atoms. The molecule has 0 aliphatic rings. The van der Waals surface area contributed by atoms with Gasteiger partial charge >= 0.3 is 5.97 Å². The largest absolute Gasteiger partial charge is 0.481 e. The fraction of sp³-hybridized carbons (Fsp3) is 0.700. The highest BCUT2D eigenvalue weighted by molar-refractivity contribution is 5.66. The van der Waals surface area contributed by atoms with Crippen LogP contribution in [0.1, 0.15) is 33.6 Å². The van der Waals surface area contributed by atoms with Crippen LogP contribution in [0.25, 0.3) is 0 Å². The summed E-state index contributed by atoms with van der Waals surface area (Å²) in [4.78, 5) is 20.4. The first-order chi connectivity index (χ1) is 6.35. The summed E-state index contributed by atoms with van der Waals surface area (Å²) in [7, 11) is 0. The van der Waals surface area contributed by atoms with Crippen LogP contribution in [0.3, 0.4) is 0 Å². The van der Waals surface area contributed by atoms with Crippen LogP contribution in [-0.2, 0) is 14.6 Å². The number of carboxylic acid groups (broad SMARTS) is 1. The Morgan fingerprint density at radius 1 is 1.57 bits per heavy atom. The first-order valence-corrected chi connectivity index (χ1v) is 4.54. The van der Waals surface area contributed by atoms with E-state index in [1.54, 1.807) is 0 Å². The van der Waals surface area contributed by atoms with Crippen molar-refractivity contribution in [3.05, 3.63) is 12.7 Å². The Kier molecular flexibility index (Phi) is 5.42. The molecule has 0 saturated heterocycles. The predicted octanol–water partition coefficient (Wildman–Crippen LogP) is 2.15. The minimum absolute atomic E-state index is 0.0458. The van der Waals surface area contributed by atoms with Crippen molar-refractivity contribution in [3.63, 3.8) is 0 Å². The van der Waals surface area contributed by atoms with Gasteiger partial charge in [-0.25, -0.2) is 9.78 Å². The fourth-order valence-electron chi connectivity index (χ4n) is 0.677. The molecule has 0 radical (unpaired) electrons. The highest BCUT2D eigenvalue weighted by Crippen LogP contribution is 2.12. The zero-order valence-corrected chi connectivity index (χ0v) is 8.95. The minimum atomic E-state index is -0.851. The third-order valence-electron chi connectivity index (χ3n) is 1.33. The number of aliphatic carboxylic acids is 1. The molecule has 4 nitrogen and oxygen atoms in total. The standard InChI is InChI=1S/C10H18O4/c1-5-8(6-7-9(11)12)13-14-10(2,3)4/h5,8H,1,6-7H2,2-4H3,(H,11,12).